The number of esters is 1. The van der Waals surface area contributed by atoms with E-state index in [1.807, 2.05) is 5.32 Å². The van der Waals surface area contributed by atoms with Crippen LogP contribution in [0, 0.1) is 5.82 Å². The van der Waals surface area contributed by atoms with Crippen LogP contribution in [0.15, 0.2) is 18.2 Å². The summed E-state index contributed by atoms with van der Waals surface area (Å²) < 4.78 is 54.4. The molecular formula is C12H13F4NO3. The number of halogens is 4. The van der Waals surface area contributed by atoms with Gasteiger partial charge in [0.05, 0.1) is 13.2 Å². The van der Waals surface area contributed by atoms with E-state index in [1.54, 1.807) is 0 Å². The Hall–Kier alpha value is -1.83. The van der Waals surface area contributed by atoms with Gasteiger partial charge in [-0.2, -0.15) is 13.2 Å². The smallest absolute Gasteiger partial charge is 0.401 e. The highest BCUT2D eigenvalue weighted by molar-refractivity contribution is 5.77. The van der Waals surface area contributed by atoms with Crippen LogP contribution in [-0.2, 0) is 9.53 Å². The van der Waals surface area contributed by atoms with E-state index >= 15 is 0 Å². The van der Waals surface area contributed by atoms with Gasteiger partial charge in [0.25, 0.3) is 0 Å². The van der Waals surface area contributed by atoms with Gasteiger partial charge in [0.15, 0.2) is 0 Å². The predicted octanol–water partition coefficient (Wildman–Crippen LogP) is 2.29. The number of hydrogen-bond donors (Lipinski definition) is 2. The summed E-state index contributed by atoms with van der Waals surface area (Å²) in [6.45, 7) is -0.000146. The van der Waals surface area contributed by atoms with Crippen molar-refractivity contribution in [3.8, 4) is 5.75 Å². The van der Waals surface area contributed by atoms with Gasteiger partial charge >= 0.3 is 12.1 Å². The maximum atomic E-state index is 13.1. The third-order valence-electron chi connectivity index (χ3n) is 2.27. The van der Waals surface area contributed by atoms with Crippen LogP contribution in [0.5, 0.6) is 5.75 Å². The summed E-state index contributed by atoms with van der Waals surface area (Å²) in [7, 11) is 0. The number of phenols is 1. The Morgan fingerprint density at radius 1 is 1.40 bits per heavy atom. The Kier molecular flexibility index (Phi) is 5.32. The molecule has 0 aromatic heterocycles. The Balaban J connectivity index is 2.99. The summed E-state index contributed by atoms with van der Waals surface area (Å²) in [5.41, 5.74) is -0.148. The second kappa shape index (κ2) is 6.56. The molecule has 0 fully saturated rings. The minimum absolute atomic E-state index is 0.0374. The molecule has 0 aliphatic carbocycles. The molecule has 1 aromatic carbocycles. The molecule has 0 saturated heterocycles. The van der Waals surface area contributed by atoms with Gasteiger partial charge in [-0.3, -0.25) is 5.32 Å². The summed E-state index contributed by atoms with van der Waals surface area (Å²) in [5, 5.41) is 11.2. The molecule has 0 saturated carbocycles. The fourth-order valence-corrected chi connectivity index (χ4v) is 1.54. The van der Waals surface area contributed by atoms with E-state index in [4.69, 9.17) is 0 Å². The molecule has 0 aliphatic rings. The van der Waals surface area contributed by atoms with Crippen molar-refractivity contribution in [3.63, 3.8) is 0 Å². The third kappa shape index (κ3) is 5.04. The standard InChI is InChI=1S/C12H13F4NO3/c1-2-20-11(19)10(17-6-12(14,15)16)7-3-8(13)5-9(18)4-7/h3-5,10,17-18H,2,6H2,1H3. The SMILES string of the molecule is CCOC(=O)C(NCC(F)(F)F)c1cc(O)cc(F)c1. The molecule has 20 heavy (non-hydrogen) atoms. The number of ether oxygens (including phenoxy) is 1. The number of phenolic OH excluding ortho intramolecular Hbond substituents is 1. The van der Waals surface area contributed by atoms with Crippen LogP contribution < -0.4 is 5.32 Å². The lowest BCUT2D eigenvalue weighted by molar-refractivity contribution is -0.149. The van der Waals surface area contributed by atoms with E-state index in [9.17, 15) is 27.5 Å². The van der Waals surface area contributed by atoms with Gasteiger partial charge in [-0.15, -0.1) is 0 Å². The van der Waals surface area contributed by atoms with Crippen LogP contribution in [0.2, 0.25) is 0 Å². The minimum Gasteiger partial charge on any atom is -0.508 e. The molecule has 4 nitrogen and oxygen atoms in total. The second-order valence-electron chi connectivity index (χ2n) is 3.92. The normalized spacial score (nSPS) is 13.1. The van der Waals surface area contributed by atoms with Crippen LogP contribution in [0.1, 0.15) is 18.5 Å². The van der Waals surface area contributed by atoms with Crippen molar-refractivity contribution < 1.29 is 32.2 Å². The molecule has 8 heteroatoms. The fraction of sp³-hybridized carbons (Fsp3) is 0.417. The first-order chi connectivity index (χ1) is 9.23. The van der Waals surface area contributed by atoms with E-state index in [0.717, 1.165) is 18.2 Å². The number of alkyl halides is 3. The number of carbonyl (C=O) groups is 1. The van der Waals surface area contributed by atoms with Crippen molar-refractivity contribution in [2.45, 2.75) is 19.1 Å². The number of carbonyl (C=O) groups excluding carboxylic acids is 1. The summed E-state index contributed by atoms with van der Waals surface area (Å²) in [5.74, 6) is -2.35. The van der Waals surface area contributed by atoms with Crippen LogP contribution in [0.3, 0.4) is 0 Å². The summed E-state index contributed by atoms with van der Waals surface area (Å²) in [6.07, 6.45) is -4.54. The van der Waals surface area contributed by atoms with Crippen molar-refractivity contribution in [2.24, 2.45) is 0 Å². The zero-order chi connectivity index (χ0) is 15.3. The Bertz CT molecular complexity index is 456. The predicted molar refractivity (Wildman–Crippen MR) is 61.5 cm³/mol. The second-order valence-corrected chi connectivity index (χ2v) is 3.92. The van der Waals surface area contributed by atoms with Gasteiger partial charge in [-0.05, 0) is 24.6 Å². The average Bonchev–Trinajstić information content (AvgIpc) is 2.26. The van der Waals surface area contributed by atoms with Crippen molar-refractivity contribution in [3.05, 3.63) is 29.6 Å². The molecule has 1 aromatic rings. The number of aromatic hydroxyl groups is 1. The van der Waals surface area contributed by atoms with E-state index in [-0.39, 0.29) is 12.2 Å². The van der Waals surface area contributed by atoms with Crippen molar-refractivity contribution >= 4 is 5.97 Å². The summed E-state index contributed by atoms with van der Waals surface area (Å²) in [4.78, 5) is 11.6. The number of nitrogens with one attached hydrogen (secondary N) is 1. The molecule has 1 rings (SSSR count). The van der Waals surface area contributed by atoms with Gasteiger partial charge < -0.3 is 9.84 Å². The quantitative estimate of drug-likeness (QED) is 0.646. The molecule has 1 atom stereocenters. The average molecular weight is 295 g/mol. The largest absolute Gasteiger partial charge is 0.508 e. The monoisotopic (exact) mass is 295 g/mol. The Morgan fingerprint density at radius 2 is 2.05 bits per heavy atom. The highest BCUT2D eigenvalue weighted by Crippen LogP contribution is 2.23. The van der Waals surface area contributed by atoms with Crippen molar-refractivity contribution in [1.29, 1.82) is 0 Å². The van der Waals surface area contributed by atoms with Crippen molar-refractivity contribution in [2.75, 3.05) is 13.2 Å². The molecule has 0 bridgehead atoms. The van der Waals surface area contributed by atoms with Crippen LogP contribution in [-0.4, -0.2) is 30.4 Å². The maximum Gasteiger partial charge on any atom is 0.401 e. The number of rotatable bonds is 5. The van der Waals surface area contributed by atoms with E-state index in [2.05, 4.69) is 4.74 Å². The lowest BCUT2D eigenvalue weighted by Gasteiger charge is -2.19. The number of benzene rings is 1. The lowest BCUT2D eigenvalue weighted by atomic mass is 10.1. The molecule has 0 spiro atoms. The molecule has 0 heterocycles. The van der Waals surface area contributed by atoms with Crippen LogP contribution >= 0.6 is 0 Å². The first kappa shape index (κ1) is 16.2. The third-order valence-corrected chi connectivity index (χ3v) is 2.27. The van der Waals surface area contributed by atoms with Crippen molar-refractivity contribution in [1.82, 2.24) is 5.32 Å². The molecule has 0 aliphatic heterocycles. The summed E-state index contributed by atoms with van der Waals surface area (Å²) in [6, 6.07) is 1.10. The van der Waals surface area contributed by atoms with Gasteiger partial charge in [0.2, 0.25) is 0 Å². The van der Waals surface area contributed by atoms with Crippen LogP contribution in [0.25, 0.3) is 0 Å². The molecule has 112 valence electrons. The molecule has 0 radical (unpaired) electrons. The number of hydrogen-bond acceptors (Lipinski definition) is 4. The lowest BCUT2D eigenvalue weighted by Crippen LogP contribution is -2.37. The topological polar surface area (TPSA) is 58.6 Å². The molecular weight excluding hydrogens is 282 g/mol. The highest BCUT2D eigenvalue weighted by atomic mass is 19.4. The molecule has 1 unspecified atom stereocenters. The molecule has 0 amide bonds. The van der Waals surface area contributed by atoms with Gasteiger partial charge in [-0.25, -0.2) is 9.18 Å². The van der Waals surface area contributed by atoms with Gasteiger partial charge in [0.1, 0.15) is 17.6 Å². The maximum absolute atomic E-state index is 13.1. The minimum atomic E-state index is -4.54. The summed E-state index contributed by atoms with van der Waals surface area (Å²) >= 11 is 0. The zero-order valence-electron chi connectivity index (χ0n) is 10.5. The van der Waals surface area contributed by atoms with E-state index in [0.29, 0.717) is 0 Å². The first-order valence-corrected chi connectivity index (χ1v) is 5.69. The molecule has 2 N–H and O–H groups in total. The van der Waals surface area contributed by atoms with E-state index < -0.39 is 36.3 Å². The Labute approximate surface area is 112 Å². The Morgan fingerprint density at radius 3 is 2.55 bits per heavy atom. The van der Waals surface area contributed by atoms with Gasteiger partial charge in [-0.1, -0.05) is 0 Å². The zero-order valence-corrected chi connectivity index (χ0v) is 10.5. The van der Waals surface area contributed by atoms with Gasteiger partial charge in [0, 0.05) is 6.07 Å². The van der Waals surface area contributed by atoms with Crippen LogP contribution in [0.4, 0.5) is 17.6 Å². The fourth-order valence-electron chi connectivity index (χ4n) is 1.54. The first-order valence-electron chi connectivity index (χ1n) is 5.69. The highest BCUT2D eigenvalue weighted by Gasteiger charge is 2.31. The van der Waals surface area contributed by atoms with E-state index in [1.165, 1.54) is 6.92 Å².